The maximum Gasteiger partial charge on any atom is 0.227 e. The summed E-state index contributed by atoms with van der Waals surface area (Å²) in [7, 11) is 0. The lowest BCUT2D eigenvalue weighted by Gasteiger charge is -2.26. The number of ether oxygens (including phenoxy) is 2. The Hall–Kier alpha value is -3.18. The predicted octanol–water partition coefficient (Wildman–Crippen LogP) is 4.12. The molecule has 2 aromatic rings. The van der Waals surface area contributed by atoms with E-state index in [1.165, 1.54) is 0 Å². The molecule has 8 heteroatoms. The van der Waals surface area contributed by atoms with E-state index >= 15 is 0 Å². The highest BCUT2D eigenvalue weighted by Crippen LogP contribution is 2.26. The first-order valence-corrected chi connectivity index (χ1v) is 12.6. The molecule has 0 bridgehead atoms. The fourth-order valence-electron chi connectivity index (χ4n) is 4.81. The average Bonchev–Trinajstić information content (AvgIpc) is 3.54. The van der Waals surface area contributed by atoms with Crippen LogP contribution in [0.5, 0.6) is 5.75 Å². The molecule has 0 N–H and O–H groups in total. The number of rotatable bonds is 11. The van der Waals surface area contributed by atoms with Gasteiger partial charge in [-0.1, -0.05) is 19.1 Å². The van der Waals surface area contributed by atoms with Crippen molar-refractivity contribution in [2.45, 2.75) is 64.1 Å². The molecule has 0 spiro atoms. The molecule has 1 aromatic carbocycles. The third kappa shape index (κ3) is 6.92. The van der Waals surface area contributed by atoms with Crippen molar-refractivity contribution in [3.05, 3.63) is 42.1 Å². The van der Waals surface area contributed by atoms with Crippen molar-refractivity contribution in [2.75, 3.05) is 42.6 Å². The van der Waals surface area contributed by atoms with Crippen LogP contribution in [-0.4, -0.2) is 60.7 Å². The Balaban J connectivity index is 1.36. The smallest absolute Gasteiger partial charge is 0.227 e. The molecule has 2 aliphatic heterocycles. The summed E-state index contributed by atoms with van der Waals surface area (Å²) in [6.07, 6.45) is 6.04. The molecular formula is C27H35N5O3. The van der Waals surface area contributed by atoms with E-state index in [9.17, 15) is 4.79 Å². The molecule has 1 unspecified atom stereocenters. The van der Waals surface area contributed by atoms with E-state index in [-0.39, 0.29) is 23.9 Å². The second kappa shape index (κ2) is 12.0. The van der Waals surface area contributed by atoms with E-state index < -0.39 is 0 Å². The zero-order chi connectivity index (χ0) is 24.6. The maximum atomic E-state index is 11.4. The normalized spacial score (nSPS) is 20.4. The Labute approximate surface area is 207 Å². The second-order valence-corrected chi connectivity index (χ2v) is 9.55. The quantitative estimate of drug-likeness (QED) is 0.477. The Kier molecular flexibility index (Phi) is 8.54. The van der Waals surface area contributed by atoms with Crippen molar-refractivity contribution in [1.82, 2.24) is 9.97 Å². The number of benzene rings is 1. The standard InChI is InChI=1S/C27H35N5O3/c1-20(17-21(2)33)22-6-8-23(9-7-22)35-25-11-15-31(19-25)26-10-13-29-27(30-26)32(14-4-12-28)18-24-5-3-16-34-24/h6-10,13,20,24-25H,3-5,11,14-19H2,1-2H3/t20-,24?,25-/m1/s1. The SMILES string of the molecule is CC(=O)C[C@@H](C)c1ccc(O[C@@H]2CCN(c3ccnc(N(CCC#N)CC4CCCO4)n3)C2)cc1. The van der Waals surface area contributed by atoms with Crippen LogP contribution in [0.15, 0.2) is 36.5 Å². The van der Waals surface area contributed by atoms with Gasteiger partial charge in [-0.2, -0.15) is 10.2 Å². The van der Waals surface area contributed by atoms with Gasteiger partial charge >= 0.3 is 0 Å². The molecule has 1 aromatic heterocycles. The van der Waals surface area contributed by atoms with Gasteiger partial charge in [-0.05, 0) is 49.4 Å². The third-order valence-corrected chi connectivity index (χ3v) is 6.67. The number of carbonyl (C=O) groups is 1. The minimum atomic E-state index is 0.0792. The van der Waals surface area contributed by atoms with Crippen LogP contribution >= 0.6 is 0 Å². The van der Waals surface area contributed by atoms with E-state index in [4.69, 9.17) is 19.7 Å². The molecule has 0 aliphatic carbocycles. The van der Waals surface area contributed by atoms with Crippen molar-refractivity contribution in [3.8, 4) is 11.8 Å². The maximum absolute atomic E-state index is 11.4. The van der Waals surface area contributed by atoms with Crippen LogP contribution in [0.2, 0.25) is 0 Å². The van der Waals surface area contributed by atoms with Crippen molar-refractivity contribution < 1.29 is 14.3 Å². The van der Waals surface area contributed by atoms with E-state index in [0.717, 1.165) is 56.1 Å². The van der Waals surface area contributed by atoms with Gasteiger partial charge in [0.2, 0.25) is 5.95 Å². The van der Waals surface area contributed by atoms with Gasteiger partial charge in [0.1, 0.15) is 23.5 Å². The first kappa shape index (κ1) is 24.9. The fraction of sp³-hybridized carbons (Fsp3) is 0.556. The Morgan fingerprint density at radius 1 is 1.31 bits per heavy atom. The number of ketones is 1. The number of aromatic nitrogens is 2. The first-order valence-electron chi connectivity index (χ1n) is 12.6. The molecule has 0 amide bonds. The van der Waals surface area contributed by atoms with Gasteiger partial charge < -0.3 is 24.1 Å². The lowest BCUT2D eigenvalue weighted by Crippen LogP contribution is -2.34. The highest BCUT2D eigenvalue weighted by atomic mass is 16.5. The van der Waals surface area contributed by atoms with Gasteiger partial charge in [0, 0.05) is 45.3 Å². The summed E-state index contributed by atoms with van der Waals surface area (Å²) in [6, 6.07) is 12.3. The molecule has 35 heavy (non-hydrogen) atoms. The van der Waals surface area contributed by atoms with Gasteiger partial charge in [0.05, 0.1) is 25.1 Å². The number of hydrogen-bond acceptors (Lipinski definition) is 8. The van der Waals surface area contributed by atoms with Crippen LogP contribution < -0.4 is 14.5 Å². The lowest BCUT2D eigenvalue weighted by atomic mass is 9.96. The Bertz CT molecular complexity index is 1020. The molecule has 186 valence electrons. The zero-order valence-corrected chi connectivity index (χ0v) is 20.7. The molecule has 8 nitrogen and oxygen atoms in total. The molecule has 0 saturated carbocycles. The van der Waals surface area contributed by atoms with E-state index in [1.54, 1.807) is 13.1 Å². The summed E-state index contributed by atoms with van der Waals surface area (Å²) < 4.78 is 12.0. The fourth-order valence-corrected chi connectivity index (χ4v) is 4.81. The number of carbonyl (C=O) groups excluding carboxylic acids is 1. The number of nitrogens with zero attached hydrogens (tertiary/aromatic N) is 5. The van der Waals surface area contributed by atoms with Gasteiger partial charge in [-0.3, -0.25) is 0 Å². The summed E-state index contributed by atoms with van der Waals surface area (Å²) in [4.78, 5) is 25.0. The van der Waals surface area contributed by atoms with Crippen LogP contribution in [-0.2, 0) is 9.53 Å². The molecule has 4 rings (SSSR count). The topological polar surface area (TPSA) is 91.6 Å². The summed E-state index contributed by atoms with van der Waals surface area (Å²) >= 11 is 0. The van der Waals surface area contributed by atoms with Crippen LogP contribution in [0.4, 0.5) is 11.8 Å². The summed E-state index contributed by atoms with van der Waals surface area (Å²) in [5.41, 5.74) is 1.15. The molecule has 0 radical (unpaired) electrons. The number of Topliss-reactive ketones (excluding diaryl/α,β-unsaturated/α-hetero) is 1. The predicted molar refractivity (Wildman–Crippen MR) is 135 cm³/mol. The van der Waals surface area contributed by atoms with Gasteiger partial charge in [0.25, 0.3) is 0 Å². The molecule has 2 aliphatic rings. The number of anilines is 2. The van der Waals surface area contributed by atoms with Crippen molar-refractivity contribution >= 4 is 17.5 Å². The van der Waals surface area contributed by atoms with Gasteiger partial charge in [-0.25, -0.2) is 4.98 Å². The minimum Gasteiger partial charge on any atom is -0.489 e. The molecular weight excluding hydrogens is 442 g/mol. The van der Waals surface area contributed by atoms with Crippen molar-refractivity contribution in [3.63, 3.8) is 0 Å². The van der Waals surface area contributed by atoms with Crippen molar-refractivity contribution in [2.24, 2.45) is 0 Å². The average molecular weight is 478 g/mol. The van der Waals surface area contributed by atoms with Gasteiger partial charge in [-0.15, -0.1) is 0 Å². The highest BCUT2D eigenvalue weighted by Gasteiger charge is 2.27. The number of nitriles is 1. The highest BCUT2D eigenvalue weighted by molar-refractivity contribution is 5.76. The van der Waals surface area contributed by atoms with E-state index in [0.29, 0.717) is 31.9 Å². The molecule has 2 saturated heterocycles. The van der Waals surface area contributed by atoms with Crippen LogP contribution in [0, 0.1) is 11.3 Å². The Morgan fingerprint density at radius 2 is 2.14 bits per heavy atom. The van der Waals surface area contributed by atoms with Gasteiger partial charge in [0.15, 0.2) is 0 Å². The number of hydrogen-bond donors (Lipinski definition) is 0. The minimum absolute atomic E-state index is 0.0792. The first-order chi connectivity index (χ1) is 17.0. The molecule has 3 heterocycles. The third-order valence-electron chi connectivity index (χ3n) is 6.67. The van der Waals surface area contributed by atoms with Crippen LogP contribution in [0.25, 0.3) is 0 Å². The monoisotopic (exact) mass is 477 g/mol. The van der Waals surface area contributed by atoms with Crippen molar-refractivity contribution in [1.29, 1.82) is 5.26 Å². The van der Waals surface area contributed by atoms with Crippen LogP contribution in [0.1, 0.15) is 57.4 Å². The summed E-state index contributed by atoms with van der Waals surface area (Å²) in [5.74, 6) is 2.79. The van der Waals surface area contributed by atoms with E-state index in [1.807, 2.05) is 18.2 Å². The van der Waals surface area contributed by atoms with Crippen LogP contribution in [0.3, 0.4) is 0 Å². The summed E-state index contributed by atoms with van der Waals surface area (Å²) in [6.45, 7) is 7.41. The molecule has 2 fully saturated rings. The Morgan fingerprint density at radius 3 is 2.86 bits per heavy atom. The van der Waals surface area contributed by atoms with E-state index in [2.05, 4.69) is 39.9 Å². The summed E-state index contributed by atoms with van der Waals surface area (Å²) in [5, 5.41) is 9.09. The largest absolute Gasteiger partial charge is 0.489 e. The zero-order valence-electron chi connectivity index (χ0n) is 20.7. The molecule has 3 atom stereocenters. The second-order valence-electron chi connectivity index (χ2n) is 9.55. The lowest BCUT2D eigenvalue weighted by molar-refractivity contribution is -0.117.